The summed E-state index contributed by atoms with van der Waals surface area (Å²) in [5.74, 6) is -7.06. The number of unbranched alkanes of at least 4 members (excludes halogenated alkanes) is 30. The standard InChI is InChI=1S/C87H130N2O16/c1-9-11-13-15-17-19-21-23-25-27-29-31-33-35-37-48-58-89(59-49-38-36-34-32-30-28-26-24-22-20-18-16-14-12-10-2)72(93)56-57-73(94)103-77(75(66-50-42-39-43-51-66)88-81(96)67-52-44-40-45-53-67)83(98)102-69-61-87(99)80(104-82(97)68-54-46-41-47-55-68)78-85(8,70(92)60-71-86(78,62-100-71)105-65(5)91)79(95)76(101-64(4)90)74(63(69)3)84(87,6)7/h39-47,50-55,69-71,73,75-78,80,92,94,99H,9-38,48-49,56-62H2,1-8H3,(H,88,96). The van der Waals surface area contributed by atoms with Gasteiger partial charge in [0.05, 0.1) is 35.6 Å². The SMILES string of the molecule is CCCCCCCCCCCCCCCCCCN(CCCCCCCCCCCCCCCCCC)C(=O)CCC(O)OC(C(=O)OC1CC2(O)C(OC(=O)c3ccccc3)C3C4(OC(C)=O)COC4CC(O)C3(C)C(=O)C(OC(C)=O)C(=C1C)C2(C)C)C(NC(=O)c1ccccc1)c1ccccc1. The second-order valence-corrected chi connectivity index (χ2v) is 31.4. The van der Waals surface area contributed by atoms with E-state index < -0.39 is 119 Å². The maximum atomic E-state index is 16.1. The molecule has 0 spiro atoms. The van der Waals surface area contributed by atoms with E-state index >= 15 is 9.59 Å². The number of aliphatic hydroxyl groups excluding tert-OH is 2. The molecule has 3 aromatic carbocycles. The summed E-state index contributed by atoms with van der Waals surface area (Å²) in [6.45, 7) is 13.7. The van der Waals surface area contributed by atoms with Crippen molar-refractivity contribution in [3.05, 3.63) is 119 Å². The lowest BCUT2D eigenvalue weighted by atomic mass is 9.44. The van der Waals surface area contributed by atoms with Crippen molar-refractivity contribution in [3.8, 4) is 0 Å². The van der Waals surface area contributed by atoms with Crippen molar-refractivity contribution in [2.45, 2.75) is 347 Å². The van der Waals surface area contributed by atoms with Crippen LogP contribution in [0.2, 0.25) is 0 Å². The summed E-state index contributed by atoms with van der Waals surface area (Å²) in [6.07, 6.45) is 26.7. The predicted molar refractivity (Wildman–Crippen MR) is 407 cm³/mol. The Kier molecular flexibility index (Phi) is 35.7. The monoisotopic (exact) mass is 1460 g/mol. The minimum Gasteiger partial charge on any atom is -0.456 e. The Bertz CT molecular complexity index is 3140. The zero-order chi connectivity index (χ0) is 75.8. The first-order valence-electron chi connectivity index (χ1n) is 40.7. The van der Waals surface area contributed by atoms with E-state index in [0.717, 1.165) is 58.3 Å². The number of hydrogen-bond donors (Lipinski definition) is 4. The Morgan fingerprint density at radius 1 is 0.600 bits per heavy atom. The largest absolute Gasteiger partial charge is 0.456 e. The molecular formula is C87H130N2O16. The number of rotatable bonds is 49. The van der Waals surface area contributed by atoms with Crippen molar-refractivity contribution in [3.63, 3.8) is 0 Å². The number of ketones is 1. The zero-order valence-corrected chi connectivity index (χ0v) is 65.0. The highest BCUT2D eigenvalue weighted by molar-refractivity contribution is 5.96. The zero-order valence-electron chi connectivity index (χ0n) is 65.0. The van der Waals surface area contributed by atoms with Crippen LogP contribution in [-0.2, 0) is 52.4 Å². The fraction of sp³-hybridized carbons (Fsp3) is 0.690. The van der Waals surface area contributed by atoms with Crippen LogP contribution in [0.1, 0.15) is 319 Å². The van der Waals surface area contributed by atoms with Gasteiger partial charge in [0.15, 0.2) is 29.9 Å². The Balaban J connectivity index is 1.14. The molecule has 12 atom stereocenters. The molecule has 2 saturated carbocycles. The molecule has 584 valence electrons. The van der Waals surface area contributed by atoms with Gasteiger partial charge in [-0.1, -0.05) is 287 Å². The van der Waals surface area contributed by atoms with Gasteiger partial charge >= 0.3 is 23.9 Å². The second kappa shape index (κ2) is 43.6. The van der Waals surface area contributed by atoms with Gasteiger partial charge in [-0.3, -0.25) is 24.0 Å². The fourth-order valence-corrected chi connectivity index (χ4v) is 17.0. The number of ether oxygens (including phenoxy) is 6. The number of carbonyl (C=O) groups is 7. The third kappa shape index (κ3) is 23.8. The van der Waals surface area contributed by atoms with Crippen LogP contribution in [0.5, 0.6) is 0 Å². The van der Waals surface area contributed by atoms with Crippen molar-refractivity contribution >= 4 is 41.5 Å². The molecule has 4 aliphatic rings. The van der Waals surface area contributed by atoms with Crippen LogP contribution in [-0.4, -0.2) is 136 Å². The molecule has 105 heavy (non-hydrogen) atoms. The molecule has 1 saturated heterocycles. The maximum Gasteiger partial charge on any atom is 0.338 e. The van der Waals surface area contributed by atoms with E-state index in [1.54, 1.807) is 99.6 Å². The molecule has 4 N–H and O–H groups in total. The van der Waals surface area contributed by atoms with Crippen LogP contribution in [0.15, 0.2) is 102 Å². The smallest absolute Gasteiger partial charge is 0.338 e. The van der Waals surface area contributed by atoms with Crippen LogP contribution < -0.4 is 5.32 Å². The number of esters is 4. The number of benzene rings is 3. The van der Waals surface area contributed by atoms with Crippen LogP contribution in [0.3, 0.4) is 0 Å². The normalized spacial score (nSPS) is 24.0. The number of fused-ring (bicyclic) bond motifs is 5. The number of carbonyl (C=O) groups excluding carboxylic acids is 7. The van der Waals surface area contributed by atoms with Crippen LogP contribution in [0.25, 0.3) is 0 Å². The average molecular weight is 1460 g/mol. The number of aliphatic hydroxyl groups is 3. The third-order valence-corrected chi connectivity index (χ3v) is 23.3. The molecule has 18 nitrogen and oxygen atoms in total. The molecule has 3 aliphatic carbocycles. The van der Waals surface area contributed by atoms with E-state index in [1.165, 1.54) is 180 Å². The minimum atomic E-state index is -2.48. The van der Waals surface area contributed by atoms with Crippen molar-refractivity contribution in [1.82, 2.24) is 10.2 Å². The van der Waals surface area contributed by atoms with Gasteiger partial charge in [-0.15, -0.1) is 0 Å². The Labute approximate surface area is 628 Å². The van der Waals surface area contributed by atoms with Gasteiger partial charge in [0.1, 0.15) is 23.9 Å². The Morgan fingerprint density at radius 2 is 1.05 bits per heavy atom. The van der Waals surface area contributed by atoms with Gasteiger partial charge in [0, 0.05) is 63.6 Å². The van der Waals surface area contributed by atoms with Crippen molar-refractivity contribution in [2.24, 2.45) is 16.7 Å². The van der Waals surface area contributed by atoms with Gasteiger partial charge < -0.3 is 54.0 Å². The van der Waals surface area contributed by atoms with Crippen molar-refractivity contribution in [1.29, 1.82) is 0 Å². The van der Waals surface area contributed by atoms with Crippen LogP contribution in [0.4, 0.5) is 0 Å². The van der Waals surface area contributed by atoms with E-state index in [0.29, 0.717) is 18.7 Å². The molecule has 0 aromatic heterocycles. The molecule has 3 aromatic rings. The van der Waals surface area contributed by atoms with E-state index in [1.807, 2.05) is 4.90 Å². The fourth-order valence-electron chi connectivity index (χ4n) is 17.0. The average Bonchev–Trinajstić information content (AvgIpc) is 0.669. The van der Waals surface area contributed by atoms with Gasteiger partial charge in [0.2, 0.25) is 5.91 Å². The Hall–Kier alpha value is -6.31. The van der Waals surface area contributed by atoms with Gasteiger partial charge in [0.25, 0.3) is 5.91 Å². The lowest BCUT2D eigenvalue weighted by molar-refractivity contribution is -0.346. The highest BCUT2D eigenvalue weighted by Gasteiger charge is 2.78. The summed E-state index contributed by atoms with van der Waals surface area (Å²) in [5.41, 5.74) is -7.36. The number of hydrogen-bond acceptors (Lipinski definition) is 16. The predicted octanol–water partition coefficient (Wildman–Crippen LogP) is 17.2. The topological polar surface area (TPSA) is 251 Å². The molecular weight excluding hydrogens is 1330 g/mol. The molecule has 3 fully saturated rings. The first kappa shape index (κ1) is 85.9. The van der Waals surface area contributed by atoms with E-state index in [9.17, 15) is 39.3 Å². The number of amides is 2. The third-order valence-electron chi connectivity index (χ3n) is 23.3. The van der Waals surface area contributed by atoms with E-state index in [4.69, 9.17) is 28.4 Å². The number of Topliss-reactive ketones (excluding diaryl/α,β-unsaturated/α-hetero) is 1. The molecule has 7 rings (SSSR count). The summed E-state index contributed by atoms with van der Waals surface area (Å²) in [4.78, 5) is 105. The summed E-state index contributed by atoms with van der Waals surface area (Å²) in [7, 11) is 0. The number of nitrogens with zero attached hydrogens (tertiary/aromatic N) is 1. The van der Waals surface area contributed by atoms with Crippen LogP contribution in [0, 0.1) is 16.7 Å². The quantitative estimate of drug-likeness (QED) is 0.0135. The summed E-state index contributed by atoms with van der Waals surface area (Å²) >= 11 is 0. The van der Waals surface area contributed by atoms with Gasteiger partial charge in [-0.05, 0) is 67.7 Å². The first-order valence-corrected chi connectivity index (χ1v) is 40.7. The molecule has 12 unspecified atom stereocenters. The number of nitrogens with one attached hydrogen (secondary N) is 1. The lowest BCUT2D eigenvalue weighted by Gasteiger charge is -2.67. The van der Waals surface area contributed by atoms with E-state index in [2.05, 4.69) is 19.2 Å². The molecule has 0 radical (unpaired) electrons. The maximum absolute atomic E-state index is 16.1. The summed E-state index contributed by atoms with van der Waals surface area (Å²) < 4.78 is 38.1. The lowest BCUT2D eigenvalue weighted by Crippen LogP contribution is -2.82. The minimum absolute atomic E-state index is 0.0212. The van der Waals surface area contributed by atoms with Crippen LogP contribution >= 0.6 is 0 Å². The first-order chi connectivity index (χ1) is 50.5. The van der Waals surface area contributed by atoms with Crippen molar-refractivity contribution in [2.75, 3.05) is 19.7 Å². The second-order valence-electron chi connectivity index (χ2n) is 31.4. The highest BCUT2D eigenvalue weighted by Crippen LogP contribution is 2.64. The molecule has 18 heteroatoms. The van der Waals surface area contributed by atoms with E-state index in [-0.39, 0.29) is 54.0 Å². The molecule has 1 aliphatic heterocycles. The molecule has 2 amide bonds. The van der Waals surface area contributed by atoms with Gasteiger partial charge in [-0.2, -0.15) is 0 Å². The summed E-state index contributed by atoms with van der Waals surface area (Å²) in [6, 6.07) is 23.4. The van der Waals surface area contributed by atoms with Crippen molar-refractivity contribution < 1.29 is 77.3 Å². The molecule has 2 bridgehead atoms. The molecule has 1 heterocycles. The Morgan fingerprint density at radius 3 is 1.49 bits per heavy atom. The van der Waals surface area contributed by atoms with Gasteiger partial charge in [-0.25, -0.2) is 9.59 Å². The highest BCUT2D eigenvalue weighted by atomic mass is 16.6. The summed E-state index contributed by atoms with van der Waals surface area (Å²) in [5, 5.41) is 41.9.